The largest absolute Gasteiger partial charge is 0.330 e. The third-order valence-corrected chi connectivity index (χ3v) is 6.86. The maximum atomic E-state index is 13.4. The van der Waals surface area contributed by atoms with E-state index >= 15 is 0 Å². The van der Waals surface area contributed by atoms with Crippen molar-refractivity contribution in [3.05, 3.63) is 57.3 Å². The van der Waals surface area contributed by atoms with E-state index in [2.05, 4.69) is 30.5 Å². The summed E-state index contributed by atoms with van der Waals surface area (Å²) in [6.07, 6.45) is 1.64. The summed E-state index contributed by atoms with van der Waals surface area (Å²) in [6.45, 7) is 6.79. The lowest BCUT2D eigenvalue weighted by Crippen LogP contribution is -2.49. The molecule has 150 valence electrons. The van der Waals surface area contributed by atoms with Crippen LogP contribution in [0.1, 0.15) is 47.9 Å². The van der Waals surface area contributed by atoms with Gasteiger partial charge in [0.05, 0.1) is 6.04 Å². The summed E-state index contributed by atoms with van der Waals surface area (Å²) >= 11 is 7.55. The van der Waals surface area contributed by atoms with Crippen LogP contribution in [0.5, 0.6) is 0 Å². The molecule has 4 nitrogen and oxygen atoms in total. The number of aryl methyl sites for hydroxylation is 1. The monoisotopic (exact) mass is 418 g/mol. The highest BCUT2D eigenvalue weighted by atomic mass is 35.5. The van der Waals surface area contributed by atoms with Crippen LogP contribution in [0, 0.1) is 6.92 Å². The summed E-state index contributed by atoms with van der Waals surface area (Å²) in [6, 6.07) is 10.2. The number of carbonyl (C=O) groups excluding carboxylic acids is 2. The molecule has 0 aliphatic carbocycles. The van der Waals surface area contributed by atoms with E-state index in [0.717, 1.165) is 18.4 Å². The first-order valence-corrected chi connectivity index (χ1v) is 11.2. The molecule has 1 aliphatic heterocycles. The van der Waals surface area contributed by atoms with Crippen molar-refractivity contribution in [3.63, 3.8) is 0 Å². The lowest BCUT2D eigenvalue weighted by atomic mass is 9.90. The molecule has 2 amide bonds. The zero-order valence-corrected chi connectivity index (χ0v) is 18.2. The fraction of sp³-hybridized carbons (Fsp3) is 0.455. The van der Waals surface area contributed by atoms with Gasteiger partial charge in [0, 0.05) is 17.5 Å². The molecule has 28 heavy (non-hydrogen) atoms. The number of hydrogen-bond acceptors (Lipinski definition) is 3. The minimum atomic E-state index is -0.190. The number of fused-ring (bicyclic) bond motifs is 1. The average Bonchev–Trinajstić information content (AvgIpc) is 3.19. The summed E-state index contributed by atoms with van der Waals surface area (Å²) < 4.78 is 0. The van der Waals surface area contributed by atoms with Crippen LogP contribution < -0.4 is 0 Å². The molecule has 1 aromatic carbocycles. The fourth-order valence-corrected chi connectivity index (χ4v) is 4.89. The van der Waals surface area contributed by atoms with Gasteiger partial charge in [-0.05, 0) is 54.8 Å². The number of hydrogen-bond donors (Lipinski definition) is 0. The van der Waals surface area contributed by atoms with Gasteiger partial charge in [0.1, 0.15) is 12.4 Å². The molecule has 0 fully saturated rings. The minimum Gasteiger partial charge on any atom is -0.330 e. The second-order valence-corrected chi connectivity index (χ2v) is 8.58. The summed E-state index contributed by atoms with van der Waals surface area (Å²) in [5.74, 6) is -0.318. The minimum absolute atomic E-state index is 0.0198. The quantitative estimate of drug-likeness (QED) is 0.652. The number of carbonyl (C=O) groups is 2. The van der Waals surface area contributed by atoms with Crippen LogP contribution in [-0.2, 0) is 16.0 Å². The van der Waals surface area contributed by atoms with Crippen LogP contribution in [-0.4, -0.2) is 46.6 Å². The molecule has 0 spiro atoms. The van der Waals surface area contributed by atoms with Crippen molar-refractivity contribution in [2.24, 2.45) is 0 Å². The molecule has 2 heterocycles. The number of amides is 2. The van der Waals surface area contributed by atoms with Crippen LogP contribution in [0.15, 0.2) is 35.7 Å². The van der Waals surface area contributed by atoms with Crippen molar-refractivity contribution >= 4 is 34.8 Å². The maximum absolute atomic E-state index is 13.4. The Bertz CT molecular complexity index is 851. The molecule has 0 unspecified atom stereocenters. The summed E-state index contributed by atoms with van der Waals surface area (Å²) in [5.41, 5.74) is 3.52. The number of alkyl halides is 1. The number of thiophene rings is 1. The van der Waals surface area contributed by atoms with Gasteiger partial charge in [-0.25, -0.2) is 0 Å². The van der Waals surface area contributed by atoms with Crippen LogP contribution in [0.25, 0.3) is 0 Å². The van der Waals surface area contributed by atoms with E-state index in [4.69, 9.17) is 11.6 Å². The SMILES string of the molecule is CC[C@@H](C)N(CC(=O)N1CCc2sccc2[C@H]1c1ccccc1C)C(=O)CCl. The highest BCUT2D eigenvalue weighted by Gasteiger charge is 2.35. The molecule has 2 atom stereocenters. The molecule has 0 bridgehead atoms. The topological polar surface area (TPSA) is 40.6 Å². The van der Waals surface area contributed by atoms with Crippen molar-refractivity contribution in [1.29, 1.82) is 0 Å². The third kappa shape index (κ3) is 4.11. The van der Waals surface area contributed by atoms with Gasteiger partial charge in [-0.2, -0.15) is 0 Å². The molecule has 0 radical (unpaired) electrons. The van der Waals surface area contributed by atoms with Gasteiger partial charge in [0.15, 0.2) is 0 Å². The van der Waals surface area contributed by atoms with Gasteiger partial charge in [-0.1, -0.05) is 31.2 Å². The summed E-state index contributed by atoms with van der Waals surface area (Å²) in [7, 11) is 0. The van der Waals surface area contributed by atoms with Crippen LogP contribution in [0.4, 0.5) is 0 Å². The molecule has 1 aliphatic rings. The summed E-state index contributed by atoms with van der Waals surface area (Å²) in [4.78, 5) is 30.6. The standard InChI is InChI=1S/C22H27ClN2O2S/c1-4-16(3)25(20(26)13-23)14-21(27)24-11-9-19-18(10-12-28-19)22(24)17-8-6-5-7-15(17)2/h5-8,10,12,16,22H,4,9,11,13-14H2,1-3H3/t16-,22-/m1/s1. The Balaban J connectivity index is 1.94. The first-order chi connectivity index (χ1) is 13.5. The van der Waals surface area contributed by atoms with Gasteiger partial charge in [0.2, 0.25) is 11.8 Å². The van der Waals surface area contributed by atoms with E-state index in [-0.39, 0.29) is 36.3 Å². The second-order valence-electron chi connectivity index (χ2n) is 7.31. The molecular weight excluding hydrogens is 392 g/mol. The lowest BCUT2D eigenvalue weighted by Gasteiger charge is -2.39. The fourth-order valence-electron chi connectivity index (χ4n) is 3.84. The van der Waals surface area contributed by atoms with Gasteiger partial charge >= 0.3 is 0 Å². The van der Waals surface area contributed by atoms with Crippen LogP contribution >= 0.6 is 22.9 Å². The Hall–Kier alpha value is -1.85. The van der Waals surface area contributed by atoms with E-state index < -0.39 is 0 Å². The van der Waals surface area contributed by atoms with Crippen molar-refractivity contribution in [1.82, 2.24) is 9.80 Å². The first-order valence-electron chi connectivity index (χ1n) is 9.74. The smallest absolute Gasteiger partial charge is 0.243 e. The van der Waals surface area contributed by atoms with Gasteiger partial charge in [0.25, 0.3) is 0 Å². The van der Waals surface area contributed by atoms with Crippen LogP contribution in [0.2, 0.25) is 0 Å². The molecule has 3 rings (SSSR count). The number of benzene rings is 1. The molecule has 1 aromatic heterocycles. The Kier molecular flexibility index (Phi) is 6.78. The van der Waals surface area contributed by atoms with E-state index in [0.29, 0.717) is 6.54 Å². The average molecular weight is 419 g/mol. The van der Waals surface area contributed by atoms with Crippen LogP contribution in [0.3, 0.4) is 0 Å². The Morgan fingerprint density at radius 1 is 1.29 bits per heavy atom. The molecular formula is C22H27ClN2O2S. The third-order valence-electron chi connectivity index (χ3n) is 5.63. The molecule has 0 saturated carbocycles. The normalized spacial score (nSPS) is 17.1. The lowest BCUT2D eigenvalue weighted by molar-refractivity contribution is -0.142. The second kappa shape index (κ2) is 9.10. The number of rotatable bonds is 6. The zero-order chi connectivity index (χ0) is 20.3. The predicted molar refractivity (Wildman–Crippen MR) is 115 cm³/mol. The maximum Gasteiger partial charge on any atom is 0.243 e. The zero-order valence-electron chi connectivity index (χ0n) is 16.7. The molecule has 0 N–H and O–H groups in total. The van der Waals surface area contributed by atoms with Crippen molar-refractivity contribution < 1.29 is 9.59 Å². The predicted octanol–water partition coefficient (Wildman–Crippen LogP) is 4.40. The molecule has 2 aromatic rings. The van der Waals surface area contributed by atoms with Gasteiger partial charge in [-0.3, -0.25) is 9.59 Å². The van der Waals surface area contributed by atoms with Gasteiger partial charge < -0.3 is 9.80 Å². The summed E-state index contributed by atoms with van der Waals surface area (Å²) in [5, 5.41) is 2.10. The van der Waals surface area contributed by atoms with E-state index in [1.165, 1.54) is 16.0 Å². The van der Waals surface area contributed by atoms with E-state index in [1.807, 2.05) is 30.9 Å². The molecule has 0 saturated heterocycles. The Morgan fingerprint density at radius 3 is 2.71 bits per heavy atom. The van der Waals surface area contributed by atoms with E-state index in [9.17, 15) is 9.59 Å². The highest BCUT2D eigenvalue weighted by Crippen LogP contribution is 2.39. The van der Waals surface area contributed by atoms with Gasteiger partial charge in [-0.15, -0.1) is 22.9 Å². The first kappa shape index (κ1) is 20.9. The number of halogens is 1. The number of nitrogens with zero attached hydrogens (tertiary/aromatic N) is 2. The van der Waals surface area contributed by atoms with Crippen molar-refractivity contribution in [3.8, 4) is 0 Å². The van der Waals surface area contributed by atoms with E-state index in [1.54, 1.807) is 16.2 Å². The molecule has 6 heteroatoms. The highest BCUT2D eigenvalue weighted by molar-refractivity contribution is 7.10. The Labute approximate surface area is 176 Å². The van der Waals surface area contributed by atoms with Crippen molar-refractivity contribution in [2.45, 2.75) is 45.7 Å². The Morgan fingerprint density at radius 2 is 2.04 bits per heavy atom. The van der Waals surface area contributed by atoms with Crippen molar-refractivity contribution in [2.75, 3.05) is 19.0 Å².